The molecule has 0 spiro atoms. The molecule has 0 saturated carbocycles. The lowest BCUT2D eigenvalue weighted by Gasteiger charge is -2.28. The Morgan fingerprint density at radius 1 is 1.59 bits per heavy atom. The van der Waals surface area contributed by atoms with Gasteiger partial charge in [-0.1, -0.05) is 6.92 Å². The highest BCUT2D eigenvalue weighted by Crippen LogP contribution is 2.14. The van der Waals surface area contributed by atoms with E-state index in [1.54, 1.807) is 17.1 Å². The lowest BCUT2D eigenvalue weighted by molar-refractivity contribution is 0.0886. The van der Waals surface area contributed by atoms with Gasteiger partial charge in [0.2, 0.25) is 0 Å². The van der Waals surface area contributed by atoms with Crippen molar-refractivity contribution >= 4 is 5.91 Å². The zero-order chi connectivity index (χ0) is 12.9. The van der Waals surface area contributed by atoms with Gasteiger partial charge in [-0.2, -0.15) is 5.10 Å². The predicted octanol–water partition coefficient (Wildman–Crippen LogP) is 1.18. The molecule has 1 rings (SSSR count). The first-order valence-corrected chi connectivity index (χ1v) is 6.00. The molecule has 0 saturated heterocycles. The van der Waals surface area contributed by atoms with Crippen LogP contribution in [-0.2, 0) is 6.54 Å². The number of aryl methyl sites for hydroxylation is 1. The van der Waals surface area contributed by atoms with E-state index >= 15 is 0 Å². The summed E-state index contributed by atoms with van der Waals surface area (Å²) >= 11 is 0. The first-order valence-electron chi connectivity index (χ1n) is 6.00. The third-order valence-electron chi connectivity index (χ3n) is 3.08. The van der Waals surface area contributed by atoms with Gasteiger partial charge in [0.05, 0.1) is 11.8 Å². The molecule has 5 nitrogen and oxygen atoms in total. The molecule has 1 aromatic rings. The molecular formula is C12H21N3O2. The third-order valence-corrected chi connectivity index (χ3v) is 3.08. The summed E-state index contributed by atoms with van der Waals surface area (Å²) in [4.78, 5) is 12.0. The van der Waals surface area contributed by atoms with Crippen LogP contribution in [0.2, 0.25) is 0 Å². The number of aromatic nitrogens is 2. The smallest absolute Gasteiger partial charge is 0.254 e. The number of hydrogen-bond acceptors (Lipinski definition) is 3. The molecule has 5 heteroatoms. The molecule has 0 fully saturated rings. The second-order valence-corrected chi connectivity index (χ2v) is 4.43. The minimum Gasteiger partial charge on any atom is -0.396 e. The third kappa shape index (κ3) is 3.56. The Morgan fingerprint density at radius 3 is 2.76 bits per heavy atom. The van der Waals surface area contributed by atoms with E-state index in [0.717, 1.165) is 13.0 Å². The van der Waals surface area contributed by atoms with E-state index in [1.807, 2.05) is 20.8 Å². The molecular weight excluding hydrogens is 218 g/mol. The molecule has 0 aliphatic rings. The molecule has 0 bridgehead atoms. The van der Waals surface area contributed by atoms with Gasteiger partial charge in [-0.15, -0.1) is 0 Å². The maximum atomic E-state index is 12.0. The van der Waals surface area contributed by atoms with Crippen molar-refractivity contribution in [3.8, 4) is 0 Å². The van der Waals surface area contributed by atoms with E-state index in [-0.39, 0.29) is 18.1 Å². The summed E-state index contributed by atoms with van der Waals surface area (Å²) in [5.74, 6) is -0.137. The highest BCUT2D eigenvalue weighted by molar-refractivity contribution is 5.94. The zero-order valence-electron chi connectivity index (χ0n) is 10.7. The molecule has 1 heterocycles. The molecule has 0 aliphatic heterocycles. The summed E-state index contributed by atoms with van der Waals surface area (Å²) in [5, 5.41) is 16.0. The van der Waals surface area contributed by atoms with E-state index in [2.05, 4.69) is 10.4 Å². The maximum absolute atomic E-state index is 12.0. The van der Waals surface area contributed by atoms with Gasteiger partial charge in [0.1, 0.15) is 0 Å². The van der Waals surface area contributed by atoms with E-state index in [1.165, 1.54) is 0 Å². The fourth-order valence-corrected chi connectivity index (χ4v) is 1.57. The normalized spacial score (nSPS) is 14.4. The molecule has 17 heavy (non-hydrogen) atoms. The number of hydrogen-bond donors (Lipinski definition) is 2. The first kappa shape index (κ1) is 13.7. The number of carbonyl (C=O) groups excluding carboxylic acids is 1. The van der Waals surface area contributed by atoms with Crippen molar-refractivity contribution in [1.29, 1.82) is 0 Å². The van der Waals surface area contributed by atoms with Crippen LogP contribution in [0.1, 0.15) is 44.0 Å². The molecule has 0 radical (unpaired) electrons. The second-order valence-electron chi connectivity index (χ2n) is 4.43. The average Bonchev–Trinajstić information content (AvgIpc) is 2.78. The lowest BCUT2D eigenvalue weighted by atomic mass is 9.94. The van der Waals surface area contributed by atoms with E-state index < -0.39 is 0 Å². The number of rotatable bonds is 6. The number of nitrogens with one attached hydrogen (secondary N) is 1. The maximum Gasteiger partial charge on any atom is 0.254 e. The summed E-state index contributed by atoms with van der Waals surface area (Å²) < 4.78 is 1.71. The van der Waals surface area contributed by atoms with Crippen molar-refractivity contribution < 1.29 is 9.90 Å². The number of nitrogens with zero attached hydrogens (tertiary/aromatic N) is 2. The van der Waals surface area contributed by atoms with Crippen LogP contribution in [0.5, 0.6) is 0 Å². The van der Waals surface area contributed by atoms with Gasteiger partial charge in [-0.3, -0.25) is 9.48 Å². The van der Waals surface area contributed by atoms with Crippen LogP contribution in [0.15, 0.2) is 12.4 Å². The summed E-state index contributed by atoms with van der Waals surface area (Å²) in [6.07, 6.45) is 4.62. The second kappa shape index (κ2) is 5.82. The van der Waals surface area contributed by atoms with Gasteiger partial charge in [-0.05, 0) is 26.7 Å². The average molecular weight is 239 g/mol. The summed E-state index contributed by atoms with van der Waals surface area (Å²) in [7, 11) is 0. The van der Waals surface area contributed by atoms with Crippen molar-refractivity contribution in [1.82, 2.24) is 15.1 Å². The molecule has 0 aromatic carbocycles. The minimum atomic E-state index is -0.361. The molecule has 0 aliphatic carbocycles. The number of amides is 1. The van der Waals surface area contributed by atoms with Crippen LogP contribution in [-0.4, -0.2) is 32.9 Å². The van der Waals surface area contributed by atoms with Gasteiger partial charge in [0, 0.05) is 24.9 Å². The lowest BCUT2D eigenvalue weighted by Crippen LogP contribution is -2.46. The number of carbonyl (C=O) groups is 1. The van der Waals surface area contributed by atoms with Gasteiger partial charge in [0.15, 0.2) is 0 Å². The van der Waals surface area contributed by atoms with Gasteiger partial charge >= 0.3 is 0 Å². The van der Waals surface area contributed by atoms with Crippen LogP contribution in [0.4, 0.5) is 0 Å². The standard InChI is InChI=1S/C12H21N3O2/c1-4-12(3,6-7-16)14-11(17)10-8-13-15(5-2)9-10/h8-9,16H,4-7H2,1-3H3,(H,14,17)/t12-/m1/s1. The largest absolute Gasteiger partial charge is 0.396 e. The Morgan fingerprint density at radius 2 is 2.29 bits per heavy atom. The minimum absolute atomic E-state index is 0.0683. The van der Waals surface area contributed by atoms with Crippen molar-refractivity contribution in [2.75, 3.05) is 6.61 Å². The topological polar surface area (TPSA) is 67.2 Å². The first-order chi connectivity index (χ1) is 8.04. The molecule has 2 N–H and O–H groups in total. The Kier molecular flexibility index (Phi) is 4.69. The summed E-state index contributed by atoms with van der Waals surface area (Å²) in [6, 6.07) is 0. The van der Waals surface area contributed by atoms with Crippen molar-refractivity contribution in [3.05, 3.63) is 18.0 Å². The van der Waals surface area contributed by atoms with E-state index in [0.29, 0.717) is 12.0 Å². The van der Waals surface area contributed by atoms with Crippen LogP contribution in [0.25, 0.3) is 0 Å². The molecule has 1 atom stereocenters. The van der Waals surface area contributed by atoms with E-state index in [4.69, 9.17) is 5.11 Å². The molecule has 0 unspecified atom stereocenters. The van der Waals surface area contributed by atoms with Gasteiger partial charge in [0.25, 0.3) is 5.91 Å². The van der Waals surface area contributed by atoms with E-state index in [9.17, 15) is 4.79 Å². The van der Waals surface area contributed by atoms with Gasteiger partial charge < -0.3 is 10.4 Å². The molecule has 1 aromatic heterocycles. The van der Waals surface area contributed by atoms with Crippen LogP contribution >= 0.6 is 0 Å². The fraction of sp³-hybridized carbons (Fsp3) is 0.667. The van der Waals surface area contributed by atoms with Crippen LogP contribution in [0, 0.1) is 0 Å². The van der Waals surface area contributed by atoms with Crippen molar-refractivity contribution in [2.45, 2.75) is 45.7 Å². The highest BCUT2D eigenvalue weighted by Gasteiger charge is 2.24. The molecule has 1 amide bonds. The Labute approximate surface area is 102 Å². The number of aliphatic hydroxyl groups is 1. The zero-order valence-corrected chi connectivity index (χ0v) is 10.7. The van der Waals surface area contributed by atoms with Crippen LogP contribution in [0.3, 0.4) is 0 Å². The Hall–Kier alpha value is -1.36. The summed E-state index contributed by atoms with van der Waals surface area (Å²) in [6.45, 7) is 6.71. The number of aliphatic hydroxyl groups excluding tert-OH is 1. The quantitative estimate of drug-likeness (QED) is 0.783. The highest BCUT2D eigenvalue weighted by atomic mass is 16.3. The summed E-state index contributed by atoms with van der Waals surface area (Å²) in [5.41, 5.74) is 0.199. The van der Waals surface area contributed by atoms with Crippen LogP contribution < -0.4 is 5.32 Å². The monoisotopic (exact) mass is 239 g/mol. The fourth-order valence-electron chi connectivity index (χ4n) is 1.57. The Balaban J connectivity index is 2.70. The van der Waals surface area contributed by atoms with Crippen molar-refractivity contribution in [3.63, 3.8) is 0 Å². The Bertz CT molecular complexity index is 376. The van der Waals surface area contributed by atoms with Gasteiger partial charge in [-0.25, -0.2) is 0 Å². The van der Waals surface area contributed by atoms with Crippen molar-refractivity contribution in [2.24, 2.45) is 0 Å². The SMILES string of the molecule is CCn1cc(C(=O)N[C@](C)(CC)CCO)cn1. The predicted molar refractivity (Wildman–Crippen MR) is 65.8 cm³/mol. The molecule has 96 valence electrons.